The van der Waals surface area contributed by atoms with Crippen LogP contribution < -0.4 is 5.32 Å². The number of rotatable bonds is 2. The van der Waals surface area contributed by atoms with E-state index in [1.54, 1.807) is 6.92 Å². The van der Waals surface area contributed by atoms with E-state index in [9.17, 15) is 9.59 Å². The molecule has 0 saturated carbocycles. The van der Waals surface area contributed by atoms with E-state index in [0.29, 0.717) is 15.7 Å². The van der Waals surface area contributed by atoms with Crippen LogP contribution in [0.4, 0.5) is 5.69 Å². The van der Waals surface area contributed by atoms with Crippen LogP contribution in [0.25, 0.3) is 0 Å². The van der Waals surface area contributed by atoms with E-state index < -0.39 is 11.9 Å². The van der Waals surface area contributed by atoms with Crippen molar-refractivity contribution >= 4 is 40.8 Å². The Morgan fingerprint density at radius 2 is 1.81 bits per heavy atom. The molecule has 6 heteroatoms. The van der Waals surface area contributed by atoms with E-state index in [0.717, 1.165) is 0 Å². The summed E-state index contributed by atoms with van der Waals surface area (Å²) in [6, 6.07) is 4.47. The fourth-order valence-electron chi connectivity index (χ4n) is 1.00. The van der Waals surface area contributed by atoms with Crippen molar-refractivity contribution in [3.63, 3.8) is 0 Å². The first-order valence-corrected chi connectivity index (χ1v) is 5.22. The second-order valence-electron chi connectivity index (χ2n) is 2.83. The van der Waals surface area contributed by atoms with Gasteiger partial charge in [0.15, 0.2) is 0 Å². The van der Waals surface area contributed by atoms with Gasteiger partial charge in [0.05, 0.1) is 6.61 Å². The van der Waals surface area contributed by atoms with Crippen LogP contribution in [-0.2, 0) is 14.3 Å². The molecule has 0 radical (unpaired) electrons. The second kappa shape index (κ2) is 5.72. The van der Waals surface area contributed by atoms with Crippen LogP contribution in [0.3, 0.4) is 0 Å². The van der Waals surface area contributed by atoms with E-state index in [4.69, 9.17) is 23.2 Å². The number of esters is 1. The van der Waals surface area contributed by atoms with Crippen LogP contribution in [0.15, 0.2) is 18.2 Å². The van der Waals surface area contributed by atoms with Gasteiger partial charge >= 0.3 is 11.9 Å². The molecule has 0 spiro atoms. The lowest BCUT2D eigenvalue weighted by Gasteiger charge is -2.05. The van der Waals surface area contributed by atoms with E-state index >= 15 is 0 Å². The molecule has 0 unspecified atom stereocenters. The van der Waals surface area contributed by atoms with Crippen LogP contribution in [0.2, 0.25) is 10.0 Å². The Bertz CT molecular complexity index is 400. The van der Waals surface area contributed by atoms with Gasteiger partial charge in [0.25, 0.3) is 0 Å². The average Bonchev–Trinajstić information content (AvgIpc) is 2.16. The number of carbonyl (C=O) groups is 2. The van der Waals surface area contributed by atoms with Gasteiger partial charge in [0.1, 0.15) is 0 Å². The van der Waals surface area contributed by atoms with Crippen molar-refractivity contribution in [1.82, 2.24) is 0 Å². The summed E-state index contributed by atoms with van der Waals surface area (Å²) < 4.78 is 4.52. The lowest BCUT2D eigenvalue weighted by atomic mass is 10.3. The third-order valence-electron chi connectivity index (χ3n) is 1.58. The Hall–Kier alpha value is -1.26. The highest BCUT2D eigenvalue weighted by Crippen LogP contribution is 2.22. The highest BCUT2D eigenvalue weighted by Gasteiger charge is 2.14. The van der Waals surface area contributed by atoms with E-state index in [-0.39, 0.29) is 6.61 Å². The van der Waals surface area contributed by atoms with Gasteiger partial charge in [-0.2, -0.15) is 0 Å². The van der Waals surface area contributed by atoms with Crippen molar-refractivity contribution in [2.45, 2.75) is 6.92 Å². The first kappa shape index (κ1) is 12.8. The number of hydrogen-bond acceptors (Lipinski definition) is 3. The molecule has 0 atom stereocenters. The van der Waals surface area contributed by atoms with Gasteiger partial charge in [0, 0.05) is 15.7 Å². The molecule has 0 bridgehead atoms. The summed E-state index contributed by atoms with van der Waals surface area (Å²) in [5.41, 5.74) is 0.343. The van der Waals surface area contributed by atoms with Gasteiger partial charge in [0.2, 0.25) is 0 Å². The summed E-state index contributed by atoms with van der Waals surface area (Å²) >= 11 is 11.4. The molecule has 0 aliphatic rings. The third-order valence-corrected chi connectivity index (χ3v) is 2.02. The van der Waals surface area contributed by atoms with Crippen molar-refractivity contribution < 1.29 is 14.3 Å². The summed E-state index contributed by atoms with van der Waals surface area (Å²) in [7, 11) is 0. The Labute approximate surface area is 102 Å². The van der Waals surface area contributed by atoms with Gasteiger partial charge < -0.3 is 10.1 Å². The highest BCUT2D eigenvalue weighted by atomic mass is 35.5. The maximum Gasteiger partial charge on any atom is 0.397 e. The SMILES string of the molecule is CCOC(=O)C(=O)Nc1cc(Cl)cc(Cl)c1. The van der Waals surface area contributed by atoms with Crippen molar-refractivity contribution in [3.8, 4) is 0 Å². The van der Waals surface area contributed by atoms with Crippen molar-refractivity contribution in [2.75, 3.05) is 11.9 Å². The Kier molecular flexibility index (Phi) is 4.58. The lowest BCUT2D eigenvalue weighted by molar-refractivity contribution is -0.152. The molecule has 1 aromatic rings. The van der Waals surface area contributed by atoms with Crippen LogP contribution in [-0.4, -0.2) is 18.5 Å². The van der Waals surface area contributed by atoms with Crippen LogP contribution in [0.1, 0.15) is 6.92 Å². The van der Waals surface area contributed by atoms with E-state index in [1.807, 2.05) is 0 Å². The smallest absolute Gasteiger partial charge is 0.397 e. The van der Waals surface area contributed by atoms with Crippen molar-refractivity contribution in [3.05, 3.63) is 28.2 Å². The number of halogens is 2. The van der Waals surface area contributed by atoms with Crippen molar-refractivity contribution in [2.24, 2.45) is 0 Å². The molecule has 4 nitrogen and oxygen atoms in total. The molecule has 1 N–H and O–H groups in total. The first-order valence-electron chi connectivity index (χ1n) is 4.47. The molecule has 0 fully saturated rings. The fourth-order valence-corrected chi connectivity index (χ4v) is 1.53. The highest BCUT2D eigenvalue weighted by molar-refractivity contribution is 6.38. The minimum atomic E-state index is -0.946. The fraction of sp³-hybridized carbons (Fsp3) is 0.200. The van der Waals surface area contributed by atoms with Crippen molar-refractivity contribution in [1.29, 1.82) is 0 Å². The third kappa shape index (κ3) is 3.72. The van der Waals surface area contributed by atoms with Crippen LogP contribution >= 0.6 is 23.2 Å². The van der Waals surface area contributed by atoms with Crippen LogP contribution in [0.5, 0.6) is 0 Å². The number of benzene rings is 1. The topological polar surface area (TPSA) is 55.4 Å². The normalized spacial score (nSPS) is 9.69. The van der Waals surface area contributed by atoms with Gasteiger partial charge in [-0.3, -0.25) is 4.79 Å². The number of nitrogens with one attached hydrogen (secondary N) is 1. The summed E-state index contributed by atoms with van der Waals surface area (Å²) in [5, 5.41) is 3.06. The maximum absolute atomic E-state index is 11.3. The van der Waals surface area contributed by atoms with Gasteiger partial charge in [-0.25, -0.2) is 4.79 Å². The predicted molar refractivity (Wildman–Crippen MR) is 61.7 cm³/mol. The van der Waals surface area contributed by atoms with Gasteiger partial charge in [-0.05, 0) is 25.1 Å². The minimum Gasteiger partial charge on any atom is -0.459 e. The Morgan fingerprint density at radius 1 is 1.25 bits per heavy atom. The molecule has 1 aromatic carbocycles. The molecular weight excluding hydrogens is 253 g/mol. The molecule has 0 aromatic heterocycles. The summed E-state index contributed by atoms with van der Waals surface area (Å²) in [5.74, 6) is -1.81. The number of hydrogen-bond donors (Lipinski definition) is 1. The monoisotopic (exact) mass is 261 g/mol. The van der Waals surface area contributed by atoms with E-state index in [2.05, 4.69) is 10.1 Å². The molecule has 0 aliphatic carbocycles. The number of carbonyl (C=O) groups excluding carboxylic acids is 2. The van der Waals surface area contributed by atoms with Crippen LogP contribution in [0, 0.1) is 0 Å². The zero-order chi connectivity index (χ0) is 12.1. The largest absolute Gasteiger partial charge is 0.459 e. The molecule has 0 aliphatic heterocycles. The molecule has 86 valence electrons. The standard InChI is InChI=1S/C10H9Cl2NO3/c1-2-16-10(15)9(14)13-8-4-6(11)3-7(12)5-8/h3-5H,2H2,1H3,(H,13,14). The zero-order valence-corrected chi connectivity index (χ0v) is 9.93. The summed E-state index contributed by atoms with van der Waals surface area (Å²) in [6.45, 7) is 1.75. The Morgan fingerprint density at radius 3 is 2.31 bits per heavy atom. The lowest BCUT2D eigenvalue weighted by Crippen LogP contribution is -2.24. The molecule has 1 amide bonds. The molecule has 1 rings (SSSR count). The molecule has 16 heavy (non-hydrogen) atoms. The summed E-state index contributed by atoms with van der Waals surface area (Å²) in [4.78, 5) is 22.3. The molecular formula is C10H9Cl2NO3. The van der Waals surface area contributed by atoms with E-state index in [1.165, 1.54) is 18.2 Å². The zero-order valence-electron chi connectivity index (χ0n) is 8.42. The molecule has 0 heterocycles. The van der Waals surface area contributed by atoms with Gasteiger partial charge in [-0.1, -0.05) is 23.2 Å². The number of amides is 1. The first-order chi connectivity index (χ1) is 7.52. The predicted octanol–water partition coefficient (Wildman–Crippen LogP) is 2.50. The number of anilines is 1. The molecule has 0 saturated heterocycles. The maximum atomic E-state index is 11.3. The average molecular weight is 262 g/mol. The van der Waals surface area contributed by atoms with Gasteiger partial charge in [-0.15, -0.1) is 0 Å². The quantitative estimate of drug-likeness (QED) is 0.658. The summed E-state index contributed by atoms with van der Waals surface area (Å²) in [6.07, 6.45) is 0. The Balaban J connectivity index is 2.73. The minimum absolute atomic E-state index is 0.141. The second-order valence-corrected chi connectivity index (χ2v) is 3.71. The number of ether oxygens (including phenoxy) is 1.